The van der Waals surface area contributed by atoms with Crippen LogP contribution in [0.2, 0.25) is 0 Å². The number of fused-ring (bicyclic) bond motifs is 1. The van der Waals surface area contributed by atoms with Crippen molar-refractivity contribution in [1.82, 2.24) is 9.78 Å². The third-order valence-corrected chi connectivity index (χ3v) is 3.32. The van der Waals surface area contributed by atoms with E-state index >= 15 is 0 Å². The van der Waals surface area contributed by atoms with Crippen molar-refractivity contribution in [3.63, 3.8) is 0 Å². The largest absolute Gasteiger partial charge is 0.284 e. The van der Waals surface area contributed by atoms with Crippen LogP contribution >= 0.6 is 0 Å². The molecule has 0 spiro atoms. The molecule has 0 saturated carbocycles. The van der Waals surface area contributed by atoms with Crippen molar-refractivity contribution in [2.75, 3.05) is 0 Å². The molecule has 0 saturated heterocycles. The van der Waals surface area contributed by atoms with Crippen LogP contribution in [0.25, 0.3) is 0 Å². The van der Waals surface area contributed by atoms with Crippen LogP contribution in [0.4, 0.5) is 0 Å². The molecule has 0 amide bonds. The molecule has 3 rings (SSSR count). The second kappa shape index (κ2) is 3.84. The average Bonchev–Trinajstić information content (AvgIpc) is 2.76. The quantitative estimate of drug-likeness (QED) is 0.733. The summed E-state index contributed by atoms with van der Waals surface area (Å²) in [5, 5.41) is 4.21. The van der Waals surface area contributed by atoms with Crippen LogP contribution in [0.5, 0.6) is 0 Å². The number of nitrogens with zero attached hydrogens (tertiary/aromatic N) is 3. The minimum Gasteiger partial charge on any atom is -0.284 e. The Morgan fingerprint density at radius 1 is 1.35 bits per heavy atom. The molecule has 1 aliphatic heterocycles. The van der Waals surface area contributed by atoms with Crippen LogP contribution in [0.1, 0.15) is 28.3 Å². The molecule has 1 atom stereocenters. The molecule has 1 aromatic heterocycles. The smallest absolute Gasteiger partial charge is 0.0820 e. The first-order valence-electron chi connectivity index (χ1n) is 5.84. The second-order valence-electron chi connectivity index (χ2n) is 4.59. The number of aliphatic imine (C=N–C) groups is 1. The van der Waals surface area contributed by atoms with Crippen LogP contribution < -0.4 is 0 Å². The van der Waals surface area contributed by atoms with Crippen molar-refractivity contribution >= 4 is 6.21 Å². The summed E-state index contributed by atoms with van der Waals surface area (Å²) < 4.78 is 1.83. The maximum absolute atomic E-state index is 4.64. The predicted molar refractivity (Wildman–Crippen MR) is 68.4 cm³/mol. The monoisotopic (exact) mass is 225 g/mol. The summed E-state index contributed by atoms with van der Waals surface area (Å²) in [5.41, 5.74) is 5.16. The lowest BCUT2D eigenvalue weighted by molar-refractivity contribution is 0.712. The summed E-state index contributed by atoms with van der Waals surface area (Å²) >= 11 is 0. The first kappa shape index (κ1) is 10.3. The van der Waals surface area contributed by atoms with E-state index in [1.807, 2.05) is 30.3 Å². The van der Waals surface area contributed by atoms with E-state index in [4.69, 9.17) is 0 Å². The van der Waals surface area contributed by atoms with Gasteiger partial charge in [-0.1, -0.05) is 18.2 Å². The van der Waals surface area contributed by atoms with Crippen molar-refractivity contribution in [2.24, 2.45) is 12.0 Å². The van der Waals surface area contributed by atoms with E-state index in [1.165, 1.54) is 22.3 Å². The van der Waals surface area contributed by atoms with Gasteiger partial charge < -0.3 is 0 Å². The van der Waals surface area contributed by atoms with Crippen LogP contribution in [0.15, 0.2) is 35.6 Å². The van der Waals surface area contributed by atoms with Gasteiger partial charge in [0.25, 0.3) is 0 Å². The fourth-order valence-electron chi connectivity index (χ4n) is 2.35. The van der Waals surface area contributed by atoms with E-state index in [-0.39, 0.29) is 6.04 Å². The van der Waals surface area contributed by atoms with Crippen molar-refractivity contribution < 1.29 is 0 Å². The molecule has 1 aliphatic rings. The zero-order valence-electron chi connectivity index (χ0n) is 10.1. The third-order valence-electron chi connectivity index (χ3n) is 3.32. The highest BCUT2D eigenvalue weighted by molar-refractivity contribution is 5.85. The highest BCUT2D eigenvalue weighted by Gasteiger charge is 2.18. The van der Waals surface area contributed by atoms with E-state index in [1.54, 1.807) is 0 Å². The minimum atomic E-state index is 0.220. The molecular weight excluding hydrogens is 210 g/mol. The van der Waals surface area contributed by atoms with Gasteiger partial charge >= 0.3 is 0 Å². The van der Waals surface area contributed by atoms with Gasteiger partial charge in [0.1, 0.15) is 0 Å². The molecule has 0 radical (unpaired) electrons. The lowest BCUT2D eigenvalue weighted by Gasteiger charge is -2.19. The highest BCUT2D eigenvalue weighted by Crippen LogP contribution is 2.28. The van der Waals surface area contributed by atoms with E-state index in [0.29, 0.717) is 0 Å². The normalized spacial score (nSPS) is 18.1. The van der Waals surface area contributed by atoms with Crippen molar-refractivity contribution in [1.29, 1.82) is 0 Å². The third kappa shape index (κ3) is 1.78. The van der Waals surface area contributed by atoms with Crippen LogP contribution in [-0.4, -0.2) is 16.0 Å². The SMILES string of the molecule is Cc1cccc2c1C=NC(c1cnn(C)c1)C2. The van der Waals surface area contributed by atoms with E-state index in [0.717, 1.165) is 6.42 Å². The fraction of sp³-hybridized carbons (Fsp3) is 0.286. The number of aryl methyl sites for hydroxylation is 2. The Bertz CT molecular complexity index is 581. The van der Waals surface area contributed by atoms with Gasteiger partial charge in [-0.25, -0.2) is 0 Å². The van der Waals surface area contributed by atoms with Gasteiger partial charge in [-0.05, 0) is 30.0 Å². The summed E-state index contributed by atoms with van der Waals surface area (Å²) in [6.07, 6.45) is 6.93. The lowest BCUT2D eigenvalue weighted by atomic mass is 9.93. The van der Waals surface area contributed by atoms with Crippen LogP contribution in [0.3, 0.4) is 0 Å². The molecule has 3 heteroatoms. The van der Waals surface area contributed by atoms with Crippen molar-refractivity contribution in [3.8, 4) is 0 Å². The Balaban J connectivity index is 1.96. The number of hydrogen-bond donors (Lipinski definition) is 0. The molecule has 2 aromatic rings. The van der Waals surface area contributed by atoms with Crippen molar-refractivity contribution in [3.05, 3.63) is 52.8 Å². The fourth-order valence-corrected chi connectivity index (χ4v) is 2.35. The van der Waals surface area contributed by atoms with E-state index in [2.05, 4.69) is 35.2 Å². The minimum absolute atomic E-state index is 0.220. The Morgan fingerprint density at radius 2 is 2.24 bits per heavy atom. The van der Waals surface area contributed by atoms with Crippen LogP contribution in [-0.2, 0) is 13.5 Å². The average molecular weight is 225 g/mol. The maximum Gasteiger partial charge on any atom is 0.0820 e. The van der Waals surface area contributed by atoms with Crippen LogP contribution in [0, 0.1) is 6.92 Å². The Labute approximate surface area is 101 Å². The van der Waals surface area contributed by atoms with Gasteiger partial charge in [-0.2, -0.15) is 5.10 Å². The van der Waals surface area contributed by atoms with Gasteiger partial charge in [-0.3, -0.25) is 9.67 Å². The summed E-state index contributed by atoms with van der Waals surface area (Å²) in [6.45, 7) is 2.13. The molecule has 2 heterocycles. The Hall–Kier alpha value is -1.90. The highest BCUT2D eigenvalue weighted by atomic mass is 15.2. The lowest BCUT2D eigenvalue weighted by Crippen LogP contribution is -2.09. The molecule has 1 unspecified atom stereocenters. The zero-order valence-corrected chi connectivity index (χ0v) is 10.1. The van der Waals surface area contributed by atoms with Gasteiger partial charge in [0.15, 0.2) is 0 Å². The van der Waals surface area contributed by atoms with Gasteiger partial charge in [0.05, 0.1) is 12.2 Å². The second-order valence-corrected chi connectivity index (χ2v) is 4.59. The van der Waals surface area contributed by atoms with Gasteiger partial charge in [0.2, 0.25) is 0 Å². The zero-order chi connectivity index (χ0) is 11.8. The first-order chi connectivity index (χ1) is 8.24. The summed E-state index contributed by atoms with van der Waals surface area (Å²) in [6, 6.07) is 6.66. The van der Waals surface area contributed by atoms with Crippen molar-refractivity contribution in [2.45, 2.75) is 19.4 Å². The molecule has 86 valence electrons. The molecule has 17 heavy (non-hydrogen) atoms. The number of hydrogen-bond acceptors (Lipinski definition) is 2. The predicted octanol–water partition coefficient (Wildman–Crippen LogP) is 2.44. The molecule has 3 nitrogen and oxygen atoms in total. The molecule has 0 bridgehead atoms. The van der Waals surface area contributed by atoms with E-state index in [9.17, 15) is 0 Å². The molecule has 0 aliphatic carbocycles. The Kier molecular flexibility index (Phi) is 2.32. The van der Waals surface area contributed by atoms with E-state index < -0.39 is 0 Å². The molecular formula is C14H15N3. The number of rotatable bonds is 1. The van der Waals surface area contributed by atoms with Gasteiger partial charge in [-0.15, -0.1) is 0 Å². The number of aromatic nitrogens is 2. The summed E-state index contributed by atoms with van der Waals surface area (Å²) in [7, 11) is 1.94. The summed E-state index contributed by atoms with van der Waals surface area (Å²) in [5.74, 6) is 0. The molecule has 0 N–H and O–H groups in total. The maximum atomic E-state index is 4.64. The standard InChI is InChI=1S/C14H15N3/c1-10-4-3-5-11-6-14(15-8-13(10)11)12-7-16-17(2)9-12/h3-5,7-9,14H,6H2,1-2H3. The topological polar surface area (TPSA) is 30.2 Å². The molecule has 0 fully saturated rings. The number of benzene rings is 1. The summed E-state index contributed by atoms with van der Waals surface area (Å²) in [4.78, 5) is 4.64. The molecule has 1 aromatic carbocycles. The van der Waals surface area contributed by atoms with Gasteiger partial charge in [0, 0.05) is 25.0 Å². The first-order valence-corrected chi connectivity index (χ1v) is 5.84. The Morgan fingerprint density at radius 3 is 3.00 bits per heavy atom.